The largest absolute Gasteiger partial charge is 0.388 e. The zero-order valence-electron chi connectivity index (χ0n) is 15.6. The highest BCUT2D eigenvalue weighted by atomic mass is 31.2. The van der Waals surface area contributed by atoms with E-state index < -0.39 is 56.3 Å². The number of carbonyl (C=O) groups excluding carboxylic acids is 2. The lowest BCUT2D eigenvalue weighted by atomic mass is 9.97. The van der Waals surface area contributed by atoms with Gasteiger partial charge in [0.05, 0.1) is 36.6 Å². The minimum atomic E-state index is -4.35. The zero-order chi connectivity index (χ0) is 22.1. The van der Waals surface area contributed by atoms with Crippen molar-refractivity contribution >= 4 is 19.4 Å². The summed E-state index contributed by atoms with van der Waals surface area (Å²) in [7, 11) is -4.35. The molecule has 13 heteroatoms. The summed E-state index contributed by atoms with van der Waals surface area (Å²) in [6, 6.07) is 6.21. The van der Waals surface area contributed by atoms with Crippen LogP contribution in [0.3, 0.4) is 0 Å². The van der Waals surface area contributed by atoms with Crippen LogP contribution in [0, 0.1) is 0 Å². The molecule has 2 unspecified atom stereocenters. The van der Waals surface area contributed by atoms with Crippen molar-refractivity contribution in [1.82, 2.24) is 5.06 Å². The normalized spacial score (nSPS) is 29.4. The summed E-state index contributed by atoms with van der Waals surface area (Å²) < 4.78 is 21.6. The van der Waals surface area contributed by atoms with Crippen molar-refractivity contribution in [2.45, 2.75) is 37.1 Å². The van der Waals surface area contributed by atoms with Crippen LogP contribution in [0.5, 0.6) is 0 Å². The van der Waals surface area contributed by atoms with Gasteiger partial charge >= 0.3 is 7.60 Å². The van der Waals surface area contributed by atoms with Crippen LogP contribution < -0.4 is 0 Å². The van der Waals surface area contributed by atoms with E-state index in [0.29, 0.717) is 5.06 Å². The molecule has 1 aromatic carbocycles. The van der Waals surface area contributed by atoms with Crippen molar-refractivity contribution in [2.24, 2.45) is 0 Å². The highest BCUT2D eigenvalue weighted by Crippen LogP contribution is 2.37. The molecule has 166 valence electrons. The second kappa shape index (κ2) is 9.18. The summed E-state index contributed by atoms with van der Waals surface area (Å²) in [6.07, 6.45) is -8.34. The smallest absolute Gasteiger partial charge is 0.325 e. The van der Waals surface area contributed by atoms with Gasteiger partial charge in [-0.1, -0.05) is 12.1 Å². The number of ether oxygens (including phenoxy) is 2. The molecule has 3 rings (SSSR count). The molecule has 5 N–H and O–H groups in total. The molecule has 2 amide bonds. The minimum Gasteiger partial charge on any atom is -0.388 e. The third-order valence-electron chi connectivity index (χ3n) is 4.72. The number of benzene rings is 1. The Morgan fingerprint density at radius 3 is 2.13 bits per heavy atom. The SMILES string of the molecule is O=C1c2ccccc2C(=O)N1OCCO[C@H]1OC(CCP(=O)(O)O)[C@@H](O)C(O)[C@H]1O. The van der Waals surface area contributed by atoms with Gasteiger partial charge in [-0.05, 0) is 18.6 Å². The lowest BCUT2D eigenvalue weighted by molar-refractivity contribution is -0.300. The van der Waals surface area contributed by atoms with E-state index in [9.17, 15) is 29.5 Å². The summed E-state index contributed by atoms with van der Waals surface area (Å²) >= 11 is 0. The van der Waals surface area contributed by atoms with Gasteiger partial charge < -0.3 is 34.6 Å². The Balaban J connectivity index is 1.51. The Morgan fingerprint density at radius 1 is 0.967 bits per heavy atom. The van der Waals surface area contributed by atoms with E-state index >= 15 is 0 Å². The maximum atomic E-state index is 12.2. The van der Waals surface area contributed by atoms with E-state index in [2.05, 4.69) is 0 Å². The average Bonchev–Trinajstić information content (AvgIpc) is 2.94. The molecule has 1 saturated heterocycles. The van der Waals surface area contributed by atoms with E-state index in [0.717, 1.165) is 0 Å². The van der Waals surface area contributed by atoms with E-state index in [1.807, 2.05) is 0 Å². The second-order valence-electron chi connectivity index (χ2n) is 6.85. The Hall–Kier alpha value is -1.73. The van der Waals surface area contributed by atoms with Gasteiger partial charge in [-0.25, -0.2) is 0 Å². The molecule has 0 aromatic heterocycles. The quantitative estimate of drug-likeness (QED) is 0.180. The van der Waals surface area contributed by atoms with E-state index in [4.69, 9.17) is 24.1 Å². The number of carbonyl (C=O) groups is 2. The summed E-state index contributed by atoms with van der Waals surface area (Å²) in [5, 5.41) is 30.4. The molecule has 5 atom stereocenters. The molecule has 0 saturated carbocycles. The highest BCUT2D eigenvalue weighted by Gasteiger charge is 2.44. The minimum absolute atomic E-state index is 0.208. The number of fused-ring (bicyclic) bond motifs is 1. The van der Waals surface area contributed by atoms with Crippen molar-refractivity contribution in [3.05, 3.63) is 35.4 Å². The van der Waals surface area contributed by atoms with Crippen molar-refractivity contribution in [2.75, 3.05) is 19.4 Å². The predicted octanol–water partition coefficient (Wildman–Crippen LogP) is -1.39. The standard InChI is InChI=1S/C17H22NO11P/c19-12-11(5-8-30(24,25)26)29-17(14(21)13(12)20)27-6-7-28-18-15(22)9-3-1-2-4-10(9)16(18)23/h1-4,11-14,17,19-21H,5-8H2,(H2,24,25,26)/t11?,12-,13?,14-,17+/m1/s1. The first kappa shape index (κ1) is 22.9. The van der Waals surface area contributed by atoms with E-state index in [-0.39, 0.29) is 30.8 Å². The Labute approximate surface area is 170 Å². The molecule has 12 nitrogen and oxygen atoms in total. The number of aliphatic hydroxyl groups excluding tert-OH is 3. The molecule has 2 aliphatic rings. The van der Waals surface area contributed by atoms with Gasteiger partial charge in [0.25, 0.3) is 11.8 Å². The van der Waals surface area contributed by atoms with Gasteiger partial charge in [0.15, 0.2) is 6.29 Å². The van der Waals surface area contributed by atoms with Gasteiger partial charge in [0.2, 0.25) is 0 Å². The monoisotopic (exact) mass is 447 g/mol. The van der Waals surface area contributed by atoms with Crippen molar-refractivity contribution in [3.8, 4) is 0 Å². The molecule has 0 radical (unpaired) electrons. The van der Waals surface area contributed by atoms with Crippen molar-refractivity contribution < 1.29 is 53.6 Å². The van der Waals surface area contributed by atoms with Crippen molar-refractivity contribution in [1.29, 1.82) is 0 Å². The number of hydroxylamine groups is 2. The molecule has 2 heterocycles. The first-order valence-corrected chi connectivity index (χ1v) is 10.9. The number of rotatable bonds is 8. The molecule has 1 fully saturated rings. The van der Waals surface area contributed by atoms with Gasteiger partial charge in [0.1, 0.15) is 18.3 Å². The van der Waals surface area contributed by atoms with Crippen LogP contribution in [-0.2, 0) is 18.9 Å². The van der Waals surface area contributed by atoms with E-state index in [1.54, 1.807) is 12.1 Å². The van der Waals surface area contributed by atoms with E-state index in [1.165, 1.54) is 12.1 Å². The molecule has 30 heavy (non-hydrogen) atoms. The zero-order valence-corrected chi connectivity index (χ0v) is 16.5. The van der Waals surface area contributed by atoms with Gasteiger partial charge in [-0.2, -0.15) is 0 Å². The van der Waals surface area contributed by atoms with Gasteiger partial charge in [0, 0.05) is 0 Å². The van der Waals surface area contributed by atoms with Crippen LogP contribution in [0.1, 0.15) is 27.1 Å². The number of nitrogens with zero attached hydrogens (tertiary/aromatic N) is 1. The number of hydrogen-bond acceptors (Lipinski definition) is 9. The fourth-order valence-electron chi connectivity index (χ4n) is 3.17. The first-order chi connectivity index (χ1) is 14.1. The molecule has 2 aliphatic heterocycles. The third kappa shape index (κ3) is 4.94. The lowest BCUT2D eigenvalue weighted by Crippen LogP contribution is -2.58. The topological polar surface area (TPSA) is 183 Å². The predicted molar refractivity (Wildman–Crippen MR) is 97.1 cm³/mol. The summed E-state index contributed by atoms with van der Waals surface area (Å²) in [6.45, 7) is -0.535. The Morgan fingerprint density at radius 2 is 1.57 bits per heavy atom. The van der Waals surface area contributed by atoms with Crippen LogP contribution in [0.2, 0.25) is 0 Å². The van der Waals surface area contributed by atoms with Crippen molar-refractivity contribution in [3.63, 3.8) is 0 Å². The molecule has 0 aliphatic carbocycles. The third-order valence-corrected chi connectivity index (χ3v) is 5.56. The molecule has 0 spiro atoms. The number of amides is 2. The maximum Gasteiger partial charge on any atom is 0.325 e. The van der Waals surface area contributed by atoms with Crippen LogP contribution in [-0.4, -0.2) is 92.1 Å². The Bertz CT molecular complexity index is 808. The molecule has 1 aromatic rings. The first-order valence-electron chi connectivity index (χ1n) is 9.06. The number of aliphatic hydroxyl groups is 3. The fourth-order valence-corrected chi connectivity index (χ4v) is 3.76. The highest BCUT2D eigenvalue weighted by molar-refractivity contribution is 7.51. The summed E-state index contributed by atoms with van der Waals surface area (Å²) in [5.41, 5.74) is 0.416. The van der Waals surface area contributed by atoms with Crippen LogP contribution in [0.15, 0.2) is 24.3 Å². The number of imide groups is 1. The second-order valence-corrected chi connectivity index (χ2v) is 8.62. The van der Waals surface area contributed by atoms with Gasteiger partial charge in [-0.15, -0.1) is 5.06 Å². The average molecular weight is 447 g/mol. The van der Waals surface area contributed by atoms with Crippen LogP contribution in [0.4, 0.5) is 0 Å². The Kier molecular flexibility index (Phi) is 7.02. The number of hydrogen-bond donors (Lipinski definition) is 5. The molecular weight excluding hydrogens is 425 g/mol. The summed E-state index contributed by atoms with van der Waals surface area (Å²) in [5.74, 6) is -1.25. The summed E-state index contributed by atoms with van der Waals surface area (Å²) in [4.78, 5) is 47.4. The maximum absolute atomic E-state index is 12.2. The van der Waals surface area contributed by atoms with Crippen LogP contribution >= 0.6 is 7.60 Å². The lowest BCUT2D eigenvalue weighted by Gasteiger charge is -2.40. The molecular formula is C17H22NO11P. The van der Waals surface area contributed by atoms with Crippen LogP contribution in [0.25, 0.3) is 0 Å². The fraction of sp³-hybridized carbons (Fsp3) is 0.529. The van der Waals surface area contributed by atoms with Gasteiger partial charge in [-0.3, -0.25) is 19.0 Å². The molecule has 0 bridgehead atoms.